The highest BCUT2D eigenvalue weighted by Crippen LogP contribution is 2.34. The van der Waals surface area contributed by atoms with Crippen LogP contribution >= 0.6 is 0 Å². The van der Waals surface area contributed by atoms with E-state index in [4.69, 9.17) is 9.15 Å². The maximum Gasteiger partial charge on any atom is 0.227 e. The molecule has 0 aliphatic carbocycles. The Morgan fingerprint density at radius 2 is 1.94 bits per heavy atom. The van der Waals surface area contributed by atoms with Gasteiger partial charge in [-0.1, -0.05) is 6.07 Å². The maximum absolute atomic E-state index is 12.5. The van der Waals surface area contributed by atoms with Crippen molar-refractivity contribution in [1.29, 1.82) is 0 Å². The second kappa shape index (κ2) is 10.7. The Hall–Kier alpha value is -3.39. The molecule has 1 N–H and O–H groups in total. The Balaban J connectivity index is 1.47. The van der Waals surface area contributed by atoms with Crippen LogP contribution in [0.5, 0.6) is 5.75 Å². The number of ether oxygens (including phenoxy) is 1. The van der Waals surface area contributed by atoms with Gasteiger partial charge in [-0.2, -0.15) is 0 Å². The number of amides is 2. The highest BCUT2D eigenvalue weighted by atomic mass is 16.5. The minimum absolute atomic E-state index is 0.132. The fourth-order valence-corrected chi connectivity index (χ4v) is 4.54. The van der Waals surface area contributed by atoms with Crippen LogP contribution in [0.2, 0.25) is 0 Å². The first-order chi connectivity index (χ1) is 16.5. The van der Waals surface area contributed by atoms with Crippen molar-refractivity contribution in [1.82, 2.24) is 15.1 Å². The van der Waals surface area contributed by atoms with Gasteiger partial charge in [-0.25, -0.2) is 0 Å². The second-order valence-electron chi connectivity index (χ2n) is 8.66. The Labute approximate surface area is 198 Å². The van der Waals surface area contributed by atoms with Crippen LogP contribution in [0.3, 0.4) is 0 Å². The topological polar surface area (TPSA) is 92.1 Å². The van der Waals surface area contributed by atoms with Gasteiger partial charge in [0.1, 0.15) is 24.2 Å². The number of carbonyl (C=O) groups excluding carboxylic acids is 3. The number of fused-ring (bicyclic) bond motifs is 2. The normalized spacial score (nSPS) is 15.4. The molecule has 1 aliphatic heterocycles. The van der Waals surface area contributed by atoms with Gasteiger partial charge in [0.15, 0.2) is 0 Å². The zero-order valence-electron chi connectivity index (χ0n) is 19.7. The van der Waals surface area contributed by atoms with Gasteiger partial charge in [-0.05, 0) is 41.5 Å². The van der Waals surface area contributed by atoms with Crippen molar-refractivity contribution in [3.8, 4) is 5.75 Å². The molecule has 1 saturated heterocycles. The standard InChI is InChI=1S/C26H31N3O5/c1-18(31)29-9-7-28(8-10-29)11-13-33-21-6-5-19-16-25-23(15-20(19)14-21)24(17-34-25)22(4-3-12-30)26(32)27-2/h5-6,12,14-17,22H,3-4,7-11,13H2,1-2H3,(H,27,32). The summed E-state index contributed by atoms with van der Waals surface area (Å²) in [6.45, 7) is 6.23. The molecular weight excluding hydrogens is 434 g/mol. The lowest BCUT2D eigenvalue weighted by Gasteiger charge is -2.34. The van der Waals surface area contributed by atoms with Crippen LogP contribution in [0.4, 0.5) is 0 Å². The number of carbonyl (C=O) groups is 3. The number of rotatable bonds is 9. The molecule has 4 rings (SSSR count). The molecule has 3 aromatic rings. The molecule has 2 aromatic carbocycles. The van der Waals surface area contributed by atoms with Gasteiger partial charge in [-0.3, -0.25) is 14.5 Å². The highest BCUT2D eigenvalue weighted by molar-refractivity contribution is 6.00. The van der Waals surface area contributed by atoms with E-state index in [9.17, 15) is 14.4 Å². The molecule has 0 spiro atoms. The molecule has 1 unspecified atom stereocenters. The summed E-state index contributed by atoms with van der Waals surface area (Å²) < 4.78 is 11.8. The van der Waals surface area contributed by atoms with Crippen LogP contribution in [0.15, 0.2) is 41.0 Å². The molecular formula is C26H31N3O5. The van der Waals surface area contributed by atoms with E-state index in [1.54, 1.807) is 20.2 Å². The van der Waals surface area contributed by atoms with Gasteiger partial charge < -0.3 is 24.2 Å². The summed E-state index contributed by atoms with van der Waals surface area (Å²) in [6, 6.07) is 9.94. The second-order valence-corrected chi connectivity index (χ2v) is 8.66. The lowest BCUT2D eigenvalue weighted by atomic mass is 9.92. The number of furan rings is 1. The van der Waals surface area contributed by atoms with Gasteiger partial charge >= 0.3 is 0 Å². The molecule has 2 heterocycles. The fraction of sp³-hybridized carbons (Fsp3) is 0.423. The predicted molar refractivity (Wildman–Crippen MR) is 130 cm³/mol. The predicted octanol–water partition coefficient (Wildman–Crippen LogP) is 2.94. The Kier molecular flexibility index (Phi) is 7.47. The summed E-state index contributed by atoms with van der Waals surface area (Å²) >= 11 is 0. The lowest BCUT2D eigenvalue weighted by Crippen LogP contribution is -2.48. The van der Waals surface area contributed by atoms with Crippen molar-refractivity contribution in [3.05, 3.63) is 42.2 Å². The Morgan fingerprint density at radius 1 is 1.15 bits per heavy atom. The minimum Gasteiger partial charge on any atom is -0.492 e. The van der Waals surface area contributed by atoms with Crippen molar-refractivity contribution in [2.45, 2.75) is 25.7 Å². The van der Waals surface area contributed by atoms with Crippen molar-refractivity contribution in [2.24, 2.45) is 0 Å². The third-order valence-corrected chi connectivity index (χ3v) is 6.54. The molecule has 0 bridgehead atoms. The number of benzene rings is 2. The van der Waals surface area contributed by atoms with Crippen molar-refractivity contribution in [3.63, 3.8) is 0 Å². The van der Waals surface area contributed by atoms with Crippen LogP contribution in [-0.2, 0) is 14.4 Å². The number of hydrogen-bond acceptors (Lipinski definition) is 6. The molecule has 8 heteroatoms. The fourth-order valence-electron chi connectivity index (χ4n) is 4.54. The number of hydrogen-bond donors (Lipinski definition) is 1. The van der Waals surface area contributed by atoms with Crippen molar-refractivity contribution < 1.29 is 23.5 Å². The van der Waals surface area contributed by atoms with Gasteiger partial charge in [0.05, 0.1) is 12.2 Å². The SMILES string of the molecule is CNC(=O)C(CCC=O)c1coc2cc3ccc(OCCN4CCN(C(C)=O)CC4)cc3cc12. The van der Waals surface area contributed by atoms with Gasteiger partial charge in [0.2, 0.25) is 11.8 Å². The van der Waals surface area contributed by atoms with E-state index in [0.29, 0.717) is 25.0 Å². The lowest BCUT2D eigenvalue weighted by molar-refractivity contribution is -0.130. The van der Waals surface area contributed by atoms with E-state index in [1.165, 1.54) is 0 Å². The number of likely N-dealkylation sites (N-methyl/N-ethyl adjacent to an activating group) is 1. The van der Waals surface area contributed by atoms with Crippen LogP contribution in [0, 0.1) is 0 Å². The maximum atomic E-state index is 12.5. The third-order valence-electron chi connectivity index (χ3n) is 6.54. The van der Waals surface area contributed by atoms with Gasteiger partial charge in [0, 0.05) is 64.1 Å². The average Bonchev–Trinajstić information content (AvgIpc) is 3.25. The first kappa shape index (κ1) is 23.8. The summed E-state index contributed by atoms with van der Waals surface area (Å²) in [4.78, 5) is 39.0. The summed E-state index contributed by atoms with van der Waals surface area (Å²) in [5.74, 6) is 0.332. The first-order valence-corrected chi connectivity index (χ1v) is 11.7. The summed E-state index contributed by atoms with van der Waals surface area (Å²) in [5, 5.41) is 5.57. The summed E-state index contributed by atoms with van der Waals surface area (Å²) in [5.41, 5.74) is 1.50. The van der Waals surface area contributed by atoms with Crippen LogP contribution < -0.4 is 10.1 Å². The quantitative estimate of drug-likeness (QED) is 0.489. The molecule has 1 fully saturated rings. The Bertz CT molecular complexity index is 1180. The van der Waals surface area contributed by atoms with E-state index in [-0.39, 0.29) is 11.8 Å². The molecule has 2 amide bonds. The molecule has 1 aliphatic rings. The van der Waals surface area contributed by atoms with E-state index < -0.39 is 5.92 Å². The first-order valence-electron chi connectivity index (χ1n) is 11.7. The highest BCUT2D eigenvalue weighted by Gasteiger charge is 2.24. The minimum atomic E-state index is -0.447. The third kappa shape index (κ3) is 5.22. The number of nitrogens with zero attached hydrogens (tertiary/aromatic N) is 2. The van der Waals surface area contributed by atoms with Gasteiger partial charge in [0.25, 0.3) is 0 Å². The summed E-state index contributed by atoms with van der Waals surface area (Å²) in [6.07, 6.45) is 3.19. The molecule has 0 saturated carbocycles. The van der Waals surface area contributed by atoms with Crippen molar-refractivity contribution >= 4 is 39.8 Å². The van der Waals surface area contributed by atoms with E-state index in [0.717, 1.165) is 66.5 Å². The monoisotopic (exact) mass is 465 g/mol. The summed E-state index contributed by atoms with van der Waals surface area (Å²) in [7, 11) is 1.60. The van der Waals surface area contributed by atoms with E-state index in [1.807, 2.05) is 35.2 Å². The van der Waals surface area contributed by atoms with Gasteiger partial charge in [-0.15, -0.1) is 0 Å². The molecule has 0 radical (unpaired) electrons. The molecule has 1 aromatic heterocycles. The molecule has 34 heavy (non-hydrogen) atoms. The largest absolute Gasteiger partial charge is 0.492 e. The molecule has 8 nitrogen and oxygen atoms in total. The number of piperazine rings is 1. The number of aldehydes is 1. The zero-order chi connectivity index (χ0) is 24.1. The van der Waals surface area contributed by atoms with Crippen LogP contribution in [0.1, 0.15) is 31.2 Å². The zero-order valence-corrected chi connectivity index (χ0v) is 19.7. The Morgan fingerprint density at radius 3 is 2.65 bits per heavy atom. The van der Waals surface area contributed by atoms with E-state index >= 15 is 0 Å². The number of nitrogens with one attached hydrogen (secondary N) is 1. The van der Waals surface area contributed by atoms with Crippen LogP contribution in [0.25, 0.3) is 21.7 Å². The average molecular weight is 466 g/mol. The smallest absolute Gasteiger partial charge is 0.227 e. The van der Waals surface area contributed by atoms with Crippen molar-refractivity contribution in [2.75, 3.05) is 46.4 Å². The molecule has 1 atom stereocenters. The molecule has 180 valence electrons. The van der Waals surface area contributed by atoms with E-state index in [2.05, 4.69) is 10.2 Å². The van der Waals surface area contributed by atoms with Crippen LogP contribution in [-0.4, -0.2) is 74.3 Å².